The highest BCUT2D eigenvalue weighted by Crippen LogP contribution is 2.26. The topological polar surface area (TPSA) is 25.2 Å². The van der Waals surface area contributed by atoms with Crippen molar-refractivity contribution in [3.63, 3.8) is 0 Å². The Morgan fingerprint density at radius 2 is 2.42 bits per heavy atom. The third kappa shape index (κ3) is 1.72. The van der Waals surface area contributed by atoms with Crippen molar-refractivity contribution in [1.82, 2.24) is 5.32 Å². The van der Waals surface area contributed by atoms with E-state index in [-0.39, 0.29) is 0 Å². The van der Waals surface area contributed by atoms with Crippen LogP contribution < -0.4 is 5.32 Å². The molecule has 0 aromatic carbocycles. The van der Waals surface area contributed by atoms with Crippen molar-refractivity contribution >= 4 is 15.9 Å². The third-order valence-corrected chi connectivity index (χ3v) is 2.72. The molecule has 1 fully saturated rings. The van der Waals surface area contributed by atoms with Gasteiger partial charge in [0, 0.05) is 12.5 Å². The number of rotatable bonds is 1. The van der Waals surface area contributed by atoms with E-state index in [0.29, 0.717) is 5.92 Å². The van der Waals surface area contributed by atoms with E-state index in [4.69, 9.17) is 4.42 Å². The fraction of sp³-hybridized carbons (Fsp3) is 0.556. The first kappa shape index (κ1) is 8.32. The highest BCUT2D eigenvalue weighted by molar-refractivity contribution is 9.10. The van der Waals surface area contributed by atoms with Gasteiger partial charge in [-0.1, -0.05) is 0 Å². The molecule has 1 aliphatic rings. The molecule has 1 aromatic rings. The van der Waals surface area contributed by atoms with Crippen LogP contribution in [-0.4, -0.2) is 13.1 Å². The van der Waals surface area contributed by atoms with Crippen molar-refractivity contribution < 1.29 is 4.42 Å². The van der Waals surface area contributed by atoms with Crippen LogP contribution in [0.5, 0.6) is 0 Å². The number of halogens is 1. The molecule has 0 amide bonds. The molecule has 1 aliphatic heterocycles. The summed E-state index contributed by atoms with van der Waals surface area (Å²) < 4.78 is 6.34. The molecule has 1 N–H and O–H groups in total. The second-order valence-corrected chi connectivity index (χ2v) is 3.97. The number of hydrogen-bond donors (Lipinski definition) is 1. The summed E-state index contributed by atoms with van der Waals surface area (Å²) in [6.45, 7) is 2.21. The number of nitrogens with one attached hydrogen (secondary N) is 1. The van der Waals surface area contributed by atoms with Crippen LogP contribution in [0, 0.1) is 0 Å². The molecule has 0 spiro atoms. The number of piperidine rings is 1. The molecule has 2 rings (SSSR count). The zero-order valence-electron chi connectivity index (χ0n) is 6.85. The summed E-state index contributed by atoms with van der Waals surface area (Å²) in [5, 5.41) is 3.37. The number of furan rings is 1. The van der Waals surface area contributed by atoms with Gasteiger partial charge in [0.25, 0.3) is 0 Å². The quantitative estimate of drug-likeness (QED) is 0.801. The van der Waals surface area contributed by atoms with E-state index < -0.39 is 0 Å². The Balaban J connectivity index is 2.08. The maximum absolute atomic E-state index is 5.50. The molecule has 0 aliphatic carbocycles. The van der Waals surface area contributed by atoms with Gasteiger partial charge in [-0.3, -0.25) is 0 Å². The van der Waals surface area contributed by atoms with Gasteiger partial charge in [0.2, 0.25) is 0 Å². The Kier molecular flexibility index (Phi) is 2.51. The van der Waals surface area contributed by atoms with Crippen LogP contribution >= 0.6 is 15.9 Å². The minimum atomic E-state index is 0.574. The fourth-order valence-electron chi connectivity index (χ4n) is 1.64. The summed E-state index contributed by atoms with van der Waals surface area (Å²) in [5.74, 6) is 1.68. The molecule has 1 unspecified atom stereocenters. The van der Waals surface area contributed by atoms with E-state index >= 15 is 0 Å². The minimum absolute atomic E-state index is 0.574. The number of hydrogen-bond acceptors (Lipinski definition) is 2. The summed E-state index contributed by atoms with van der Waals surface area (Å²) in [4.78, 5) is 0. The molecule has 2 nitrogen and oxygen atoms in total. The lowest BCUT2D eigenvalue weighted by Gasteiger charge is -2.20. The van der Waals surface area contributed by atoms with E-state index in [1.54, 1.807) is 0 Å². The van der Waals surface area contributed by atoms with E-state index in [9.17, 15) is 0 Å². The summed E-state index contributed by atoms with van der Waals surface area (Å²) in [7, 11) is 0. The molecule has 1 atom stereocenters. The SMILES string of the molecule is Brc1ccc(C2CCCNC2)o1. The molecule has 3 heteroatoms. The summed E-state index contributed by atoms with van der Waals surface area (Å²) >= 11 is 3.31. The van der Waals surface area contributed by atoms with Gasteiger partial charge in [-0.15, -0.1) is 0 Å². The highest BCUT2D eigenvalue weighted by atomic mass is 79.9. The van der Waals surface area contributed by atoms with Crippen molar-refractivity contribution in [1.29, 1.82) is 0 Å². The zero-order valence-corrected chi connectivity index (χ0v) is 8.43. The summed E-state index contributed by atoms with van der Waals surface area (Å²) in [6.07, 6.45) is 2.50. The lowest BCUT2D eigenvalue weighted by molar-refractivity contribution is 0.381. The van der Waals surface area contributed by atoms with Crippen LogP contribution in [0.2, 0.25) is 0 Å². The van der Waals surface area contributed by atoms with Crippen LogP contribution in [0.4, 0.5) is 0 Å². The van der Waals surface area contributed by atoms with Crippen LogP contribution in [0.15, 0.2) is 21.2 Å². The second kappa shape index (κ2) is 3.62. The van der Waals surface area contributed by atoms with E-state index in [1.165, 1.54) is 12.8 Å². The second-order valence-electron chi connectivity index (χ2n) is 3.19. The van der Waals surface area contributed by atoms with Crippen LogP contribution in [0.25, 0.3) is 0 Å². The Morgan fingerprint density at radius 3 is 3.00 bits per heavy atom. The van der Waals surface area contributed by atoms with Crippen LogP contribution in [-0.2, 0) is 0 Å². The van der Waals surface area contributed by atoms with Gasteiger partial charge in [-0.05, 0) is 47.4 Å². The first-order valence-corrected chi connectivity index (χ1v) is 5.11. The average Bonchev–Trinajstić information content (AvgIpc) is 2.54. The van der Waals surface area contributed by atoms with Crippen molar-refractivity contribution in [2.24, 2.45) is 0 Å². The summed E-state index contributed by atoms with van der Waals surface area (Å²) in [5.41, 5.74) is 0. The molecule has 2 heterocycles. The maximum atomic E-state index is 5.50. The lowest BCUT2D eigenvalue weighted by Crippen LogP contribution is -2.28. The molecule has 1 saturated heterocycles. The van der Waals surface area contributed by atoms with Crippen molar-refractivity contribution in [3.8, 4) is 0 Å². The molecular weight excluding hydrogens is 218 g/mol. The van der Waals surface area contributed by atoms with Gasteiger partial charge in [0.1, 0.15) is 5.76 Å². The van der Waals surface area contributed by atoms with Gasteiger partial charge in [0.15, 0.2) is 4.67 Å². The smallest absolute Gasteiger partial charge is 0.169 e. The average molecular weight is 230 g/mol. The predicted octanol–water partition coefficient (Wildman–Crippen LogP) is 2.51. The standard InChI is InChI=1S/C9H12BrNO/c10-9-4-3-8(12-9)7-2-1-5-11-6-7/h3-4,7,11H,1-2,5-6H2. The normalized spacial score (nSPS) is 24.2. The van der Waals surface area contributed by atoms with Gasteiger partial charge in [0.05, 0.1) is 0 Å². The first-order valence-electron chi connectivity index (χ1n) is 4.32. The van der Waals surface area contributed by atoms with Crippen LogP contribution in [0.1, 0.15) is 24.5 Å². The Morgan fingerprint density at radius 1 is 1.50 bits per heavy atom. The predicted molar refractivity (Wildman–Crippen MR) is 51.3 cm³/mol. The maximum Gasteiger partial charge on any atom is 0.169 e. The summed E-state index contributed by atoms with van der Waals surface area (Å²) in [6, 6.07) is 4.02. The lowest BCUT2D eigenvalue weighted by atomic mass is 9.97. The molecule has 12 heavy (non-hydrogen) atoms. The molecule has 0 radical (unpaired) electrons. The van der Waals surface area contributed by atoms with Gasteiger partial charge < -0.3 is 9.73 Å². The molecular formula is C9H12BrNO. The van der Waals surface area contributed by atoms with E-state index in [1.807, 2.05) is 6.07 Å². The molecule has 1 aromatic heterocycles. The Labute approximate surface area is 80.5 Å². The van der Waals surface area contributed by atoms with Gasteiger partial charge >= 0.3 is 0 Å². The van der Waals surface area contributed by atoms with Gasteiger partial charge in [-0.25, -0.2) is 0 Å². The van der Waals surface area contributed by atoms with Crippen molar-refractivity contribution in [2.75, 3.05) is 13.1 Å². The largest absolute Gasteiger partial charge is 0.454 e. The Hall–Kier alpha value is -0.280. The van der Waals surface area contributed by atoms with Crippen LogP contribution in [0.3, 0.4) is 0 Å². The highest BCUT2D eigenvalue weighted by Gasteiger charge is 2.17. The molecule has 66 valence electrons. The fourth-order valence-corrected chi connectivity index (χ4v) is 1.96. The monoisotopic (exact) mass is 229 g/mol. The van der Waals surface area contributed by atoms with Crippen molar-refractivity contribution in [3.05, 3.63) is 22.6 Å². The van der Waals surface area contributed by atoms with Crippen molar-refractivity contribution in [2.45, 2.75) is 18.8 Å². The van der Waals surface area contributed by atoms with E-state index in [2.05, 4.69) is 27.3 Å². The Bertz CT molecular complexity index is 253. The minimum Gasteiger partial charge on any atom is -0.454 e. The molecule has 0 bridgehead atoms. The third-order valence-electron chi connectivity index (χ3n) is 2.29. The van der Waals surface area contributed by atoms with Gasteiger partial charge in [-0.2, -0.15) is 0 Å². The zero-order chi connectivity index (χ0) is 8.39. The van der Waals surface area contributed by atoms with E-state index in [0.717, 1.165) is 23.5 Å². The molecule has 0 saturated carbocycles. The first-order chi connectivity index (χ1) is 5.86.